The number of ether oxygens (including phenoxy) is 2. The summed E-state index contributed by atoms with van der Waals surface area (Å²) in [4.78, 5) is 5.02. The van der Waals surface area contributed by atoms with Crippen molar-refractivity contribution in [3.63, 3.8) is 0 Å². The molecule has 20 heavy (non-hydrogen) atoms. The first-order valence-electron chi connectivity index (χ1n) is 5.43. The van der Waals surface area contributed by atoms with Gasteiger partial charge in [-0.1, -0.05) is 0 Å². The van der Waals surface area contributed by atoms with Crippen molar-refractivity contribution in [3.05, 3.63) is 38.8 Å². The Morgan fingerprint density at radius 2 is 2.10 bits per heavy atom. The second kappa shape index (κ2) is 6.01. The minimum absolute atomic E-state index is 0.174. The van der Waals surface area contributed by atoms with Gasteiger partial charge in [0.25, 0.3) is 0 Å². The maximum atomic E-state index is 12.1. The van der Waals surface area contributed by atoms with E-state index in [9.17, 15) is 13.2 Å². The average Bonchev–Trinajstić information content (AvgIpc) is 2.74. The van der Waals surface area contributed by atoms with Crippen LogP contribution in [0, 0.1) is 6.92 Å². The molecule has 1 heterocycles. The fourth-order valence-electron chi connectivity index (χ4n) is 1.41. The molecule has 0 amide bonds. The van der Waals surface area contributed by atoms with E-state index in [1.165, 1.54) is 29.5 Å². The SMILES string of the molecule is Cc1ncc(COc2ccc(OC(F)(F)F)c(Br)c2)s1. The Morgan fingerprint density at radius 1 is 1.35 bits per heavy atom. The van der Waals surface area contributed by atoms with Gasteiger partial charge in [-0.15, -0.1) is 24.5 Å². The number of thiazole rings is 1. The lowest BCUT2D eigenvalue weighted by Gasteiger charge is -2.11. The molecule has 0 unspecified atom stereocenters. The minimum Gasteiger partial charge on any atom is -0.488 e. The Hall–Kier alpha value is -1.28. The molecular formula is C12H9BrF3NO2S. The monoisotopic (exact) mass is 367 g/mol. The first-order valence-corrected chi connectivity index (χ1v) is 7.04. The van der Waals surface area contributed by atoms with E-state index in [2.05, 4.69) is 25.7 Å². The number of aromatic nitrogens is 1. The second-order valence-electron chi connectivity index (χ2n) is 3.77. The maximum absolute atomic E-state index is 12.1. The number of rotatable bonds is 4. The van der Waals surface area contributed by atoms with Gasteiger partial charge in [0, 0.05) is 6.20 Å². The largest absolute Gasteiger partial charge is 0.573 e. The van der Waals surface area contributed by atoms with E-state index < -0.39 is 6.36 Å². The zero-order chi connectivity index (χ0) is 14.8. The van der Waals surface area contributed by atoms with E-state index in [4.69, 9.17) is 4.74 Å². The van der Waals surface area contributed by atoms with Gasteiger partial charge in [-0.05, 0) is 41.1 Å². The summed E-state index contributed by atoms with van der Waals surface area (Å²) in [5.74, 6) is 0.135. The van der Waals surface area contributed by atoms with Gasteiger partial charge in [-0.25, -0.2) is 4.98 Å². The number of aryl methyl sites for hydroxylation is 1. The molecule has 0 atom stereocenters. The van der Waals surface area contributed by atoms with Crippen molar-refractivity contribution in [2.45, 2.75) is 19.9 Å². The Bertz CT molecular complexity index is 601. The number of alkyl halides is 3. The van der Waals surface area contributed by atoms with Gasteiger partial charge in [0.05, 0.1) is 14.4 Å². The topological polar surface area (TPSA) is 31.4 Å². The number of hydrogen-bond acceptors (Lipinski definition) is 4. The highest BCUT2D eigenvalue weighted by Crippen LogP contribution is 2.33. The van der Waals surface area contributed by atoms with Gasteiger partial charge in [0.2, 0.25) is 0 Å². The molecule has 1 aromatic carbocycles. The predicted molar refractivity (Wildman–Crippen MR) is 72.0 cm³/mol. The first-order chi connectivity index (χ1) is 9.33. The van der Waals surface area contributed by atoms with Crippen LogP contribution in [0.25, 0.3) is 0 Å². The highest BCUT2D eigenvalue weighted by molar-refractivity contribution is 9.10. The van der Waals surface area contributed by atoms with Crippen molar-refractivity contribution in [2.75, 3.05) is 0 Å². The highest BCUT2D eigenvalue weighted by atomic mass is 79.9. The van der Waals surface area contributed by atoms with Crippen LogP contribution in [0.3, 0.4) is 0 Å². The van der Waals surface area contributed by atoms with Gasteiger partial charge in [0.1, 0.15) is 18.1 Å². The molecule has 0 saturated heterocycles. The molecule has 0 fully saturated rings. The smallest absolute Gasteiger partial charge is 0.488 e. The van der Waals surface area contributed by atoms with Gasteiger partial charge < -0.3 is 9.47 Å². The molecule has 0 spiro atoms. The van der Waals surface area contributed by atoms with Crippen LogP contribution in [0.1, 0.15) is 9.88 Å². The van der Waals surface area contributed by atoms with E-state index in [0.717, 1.165) is 9.88 Å². The van der Waals surface area contributed by atoms with Crippen molar-refractivity contribution in [1.29, 1.82) is 0 Å². The molecule has 0 saturated carbocycles. The molecule has 0 aliphatic carbocycles. The molecule has 108 valence electrons. The summed E-state index contributed by atoms with van der Waals surface area (Å²) in [6, 6.07) is 4.04. The van der Waals surface area contributed by atoms with Crippen molar-refractivity contribution < 1.29 is 22.6 Å². The summed E-state index contributed by atoms with van der Waals surface area (Å²) in [6.45, 7) is 2.20. The molecule has 0 radical (unpaired) electrons. The molecule has 1 aromatic heterocycles. The van der Waals surface area contributed by atoms with Crippen molar-refractivity contribution in [2.24, 2.45) is 0 Å². The van der Waals surface area contributed by atoms with Crippen LogP contribution in [0.15, 0.2) is 28.9 Å². The Balaban J connectivity index is 2.01. The van der Waals surface area contributed by atoms with Crippen LogP contribution in [0.4, 0.5) is 13.2 Å². The van der Waals surface area contributed by atoms with E-state index in [-0.39, 0.29) is 10.2 Å². The van der Waals surface area contributed by atoms with Crippen LogP contribution in [0.5, 0.6) is 11.5 Å². The van der Waals surface area contributed by atoms with Crippen LogP contribution in [-0.2, 0) is 6.61 Å². The predicted octanol–water partition coefficient (Wildman–Crippen LogP) is 4.69. The van der Waals surface area contributed by atoms with Crippen molar-refractivity contribution in [1.82, 2.24) is 4.98 Å². The number of halogens is 4. The maximum Gasteiger partial charge on any atom is 0.573 e. The van der Waals surface area contributed by atoms with Gasteiger partial charge in [-0.2, -0.15) is 0 Å². The molecule has 2 aromatic rings. The summed E-state index contributed by atoms with van der Waals surface area (Å²) in [5, 5.41) is 0.929. The molecule has 3 nitrogen and oxygen atoms in total. The lowest BCUT2D eigenvalue weighted by atomic mass is 10.3. The van der Waals surface area contributed by atoms with Crippen molar-refractivity contribution in [3.8, 4) is 11.5 Å². The normalized spacial score (nSPS) is 11.4. The van der Waals surface area contributed by atoms with Crippen LogP contribution in [0.2, 0.25) is 0 Å². The quantitative estimate of drug-likeness (QED) is 0.785. The fraction of sp³-hybridized carbons (Fsp3) is 0.250. The summed E-state index contributed by atoms with van der Waals surface area (Å²) >= 11 is 4.52. The molecular weight excluding hydrogens is 359 g/mol. The standard InChI is InChI=1S/C12H9BrF3NO2S/c1-7-17-5-9(20-7)6-18-8-2-3-11(10(13)4-8)19-12(14,15)16/h2-5H,6H2,1H3. The minimum atomic E-state index is -4.72. The first kappa shape index (κ1) is 15.1. The van der Waals surface area contributed by atoms with E-state index >= 15 is 0 Å². The van der Waals surface area contributed by atoms with Crippen LogP contribution >= 0.6 is 27.3 Å². The fourth-order valence-corrected chi connectivity index (χ4v) is 2.55. The summed E-state index contributed by atoms with van der Waals surface area (Å²) in [7, 11) is 0. The number of nitrogens with zero attached hydrogens (tertiary/aromatic N) is 1. The Kier molecular flexibility index (Phi) is 4.54. The van der Waals surface area contributed by atoms with Gasteiger partial charge in [0.15, 0.2) is 0 Å². The third-order valence-corrected chi connectivity index (χ3v) is 3.69. The van der Waals surface area contributed by atoms with Crippen LogP contribution in [-0.4, -0.2) is 11.3 Å². The highest BCUT2D eigenvalue weighted by Gasteiger charge is 2.31. The number of benzene rings is 1. The zero-order valence-electron chi connectivity index (χ0n) is 10.2. The molecule has 0 bridgehead atoms. The number of hydrogen-bond donors (Lipinski definition) is 0. The molecule has 0 aliphatic heterocycles. The van der Waals surface area contributed by atoms with E-state index in [1.54, 1.807) is 6.20 Å². The third kappa shape index (κ3) is 4.38. The van der Waals surface area contributed by atoms with Crippen molar-refractivity contribution >= 4 is 27.3 Å². The summed E-state index contributed by atoms with van der Waals surface area (Å²) in [5.41, 5.74) is 0. The van der Waals surface area contributed by atoms with E-state index in [0.29, 0.717) is 12.4 Å². The lowest BCUT2D eigenvalue weighted by Crippen LogP contribution is -2.17. The van der Waals surface area contributed by atoms with Gasteiger partial charge in [-0.3, -0.25) is 0 Å². The summed E-state index contributed by atoms with van der Waals surface area (Å²) < 4.78 is 45.8. The van der Waals surface area contributed by atoms with E-state index in [1.807, 2.05) is 6.92 Å². The average molecular weight is 368 g/mol. The Labute approximate surface area is 125 Å². The molecule has 0 aliphatic rings. The third-order valence-electron chi connectivity index (χ3n) is 2.18. The van der Waals surface area contributed by atoms with Gasteiger partial charge >= 0.3 is 6.36 Å². The molecule has 0 N–H and O–H groups in total. The van der Waals surface area contributed by atoms with Crippen LogP contribution < -0.4 is 9.47 Å². The summed E-state index contributed by atoms with van der Waals surface area (Å²) in [6.07, 6.45) is -3.01. The molecule has 2 rings (SSSR count). The second-order valence-corrected chi connectivity index (χ2v) is 5.95. The lowest BCUT2D eigenvalue weighted by molar-refractivity contribution is -0.274. The molecule has 8 heteroatoms. The zero-order valence-corrected chi connectivity index (χ0v) is 12.6. The Morgan fingerprint density at radius 3 is 2.65 bits per heavy atom.